The van der Waals surface area contributed by atoms with E-state index < -0.39 is 0 Å². The van der Waals surface area contributed by atoms with Crippen LogP contribution in [0.1, 0.15) is 5.56 Å². The van der Waals surface area contributed by atoms with E-state index in [1.807, 2.05) is 0 Å². The van der Waals surface area contributed by atoms with Crippen LogP contribution in [0.15, 0.2) is 16.6 Å². The summed E-state index contributed by atoms with van der Waals surface area (Å²) in [6.45, 7) is 0.287. The Morgan fingerprint density at radius 3 is 2.79 bits per heavy atom. The molecule has 0 aliphatic heterocycles. The van der Waals surface area contributed by atoms with E-state index in [9.17, 15) is 4.39 Å². The Morgan fingerprint density at radius 1 is 1.50 bits per heavy atom. The van der Waals surface area contributed by atoms with Gasteiger partial charge in [0.2, 0.25) is 0 Å². The summed E-state index contributed by atoms with van der Waals surface area (Å²) in [7, 11) is 1.49. The molecule has 2 N–H and O–H groups in total. The molecule has 14 heavy (non-hydrogen) atoms. The van der Waals surface area contributed by atoms with E-state index >= 15 is 0 Å². The zero-order valence-corrected chi connectivity index (χ0v) is 9.30. The molecule has 0 fully saturated rings. The van der Waals surface area contributed by atoms with Gasteiger partial charge in [0, 0.05) is 12.5 Å². The van der Waals surface area contributed by atoms with Crippen molar-refractivity contribution in [2.24, 2.45) is 5.90 Å². The molecule has 5 heteroatoms. The molecule has 3 nitrogen and oxygen atoms in total. The lowest BCUT2D eigenvalue weighted by molar-refractivity contribution is 0.140. The molecule has 78 valence electrons. The molecule has 0 atom stereocenters. The van der Waals surface area contributed by atoms with Gasteiger partial charge in [0.25, 0.3) is 0 Å². The van der Waals surface area contributed by atoms with Gasteiger partial charge in [-0.25, -0.2) is 10.3 Å². The molecular formula is C9H11BrFNO2. The SMILES string of the molecule is COc1cc(F)c(CCON)cc1Br. The van der Waals surface area contributed by atoms with E-state index in [0.717, 1.165) is 0 Å². The van der Waals surface area contributed by atoms with E-state index in [1.165, 1.54) is 13.2 Å². The Balaban J connectivity index is 2.90. The molecule has 0 bridgehead atoms. The molecule has 0 spiro atoms. The molecule has 0 aliphatic carbocycles. The van der Waals surface area contributed by atoms with Crippen molar-refractivity contribution in [2.75, 3.05) is 13.7 Å². The minimum Gasteiger partial charge on any atom is -0.495 e. The van der Waals surface area contributed by atoms with Crippen LogP contribution in [0.4, 0.5) is 4.39 Å². The molecule has 0 amide bonds. The number of hydrogen-bond donors (Lipinski definition) is 1. The number of ether oxygens (including phenoxy) is 1. The van der Waals surface area contributed by atoms with Crippen LogP contribution in [-0.4, -0.2) is 13.7 Å². The molecule has 0 heterocycles. The molecule has 0 unspecified atom stereocenters. The van der Waals surface area contributed by atoms with Crippen LogP contribution in [0.3, 0.4) is 0 Å². The van der Waals surface area contributed by atoms with Crippen LogP contribution in [0.5, 0.6) is 5.75 Å². The second kappa shape index (κ2) is 5.29. The maximum atomic E-state index is 13.3. The van der Waals surface area contributed by atoms with Gasteiger partial charge < -0.3 is 9.57 Å². The highest BCUT2D eigenvalue weighted by atomic mass is 79.9. The van der Waals surface area contributed by atoms with Crippen LogP contribution in [0.25, 0.3) is 0 Å². The lowest BCUT2D eigenvalue weighted by Gasteiger charge is -2.07. The van der Waals surface area contributed by atoms with Gasteiger partial charge in [0.05, 0.1) is 18.2 Å². The van der Waals surface area contributed by atoms with Crippen LogP contribution < -0.4 is 10.6 Å². The first-order valence-electron chi connectivity index (χ1n) is 4.02. The summed E-state index contributed by atoms with van der Waals surface area (Å²) in [6, 6.07) is 2.99. The molecule has 1 aromatic carbocycles. The van der Waals surface area contributed by atoms with Gasteiger partial charge in [-0.1, -0.05) is 0 Å². The van der Waals surface area contributed by atoms with E-state index in [0.29, 0.717) is 22.2 Å². The minimum atomic E-state index is -0.317. The van der Waals surface area contributed by atoms with Gasteiger partial charge in [0.15, 0.2) is 0 Å². The monoisotopic (exact) mass is 263 g/mol. The van der Waals surface area contributed by atoms with Crippen molar-refractivity contribution in [3.63, 3.8) is 0 Å². The second-order valence-electron chi connectivity index (χ2n) is 2.70. The average Bonchev–Trinajstić information content (AvgIpc) is 2.18. The van der Waals surface area contributed by atoms with Crippen LogP contribution >= 0.6 is 15.9 Å². The Labute approximate surface area is 90.1 Å². The number of rotatable bonds is 4. The third-order valence-electron chi connectivity index (χ3n) is 1.81. The highest BCUT2D eigenvalue weighted by molar-refractivity contribution is 9.10. The van der Waals surface area contributed by atoms with E-state index in [2.05, 4.69) is 20.8 Å². The van der Waals surface area contributed by atoms with Gasteiger partial charge in [0.1, 0.15) is 11.6 Å². The summed E-state index contributed by atoms with van der Waals surface area (Å²) in [5, 5.41) is 0. The maximum absolute atomic E-state index is 13.3. The fourth-order valence-electron chi connectivity index (χ4n) is 1.09. The second-order valence-corrected chi connectivity index (χ2v) is 3.55. The fraction of sp³-hybridized carbons (Fsp3) is 0.333. The van der Waals surface area contributed by atoms with Gasteiger partial charge in [-0.2, -0.15) is 0 Å². The minimum absolute atomic E-state index is 0.287. The van der Waals surface area contributed by atoms with Gasteiger partial charge >= 0.3 is 0 Å². The Morgan fingerprint density at radius 2 is 2.21 bits per heavy atom. The van der Waals surface area contributed by atoms with Gasteiger partial charge in [-0.3, -0.25) is 0 Å². The van der Waals surface area contributed by atoms with Crippen molar-refractivity contribution in [2.45, 2.75) is 6.42 Å². The first kappa shape index (κ1) is 11.4. The zero-order chi connectivity index (χ0) is 10.6. The van der Waals surface area contributed by atoms with Crippen molar-refractivity contribution in [3.8, 4) is 5.75 Å². The third-order valence-corrected chi connectivity index (χ3v) is 2.43. The lowest BCUT2D eigenvalue weighted by Crippen LogP contribution is -2.05. The van der Waals surface area contributed by atoms with E-state index in [4.69, 9.17) is 10.6 Å². The molecule has 0 saturated carbocycles. The van der Waals surface area contributed by atoms with Crippen molar-refractivity contribution < 1.29 is 14.0 Å². The largest absolute Gasteiger partial charge is 0.495 e. The van der Waals surface area contributed by atoms with E-state index in [1.54, 1.807) is 6.07 Å². The highest BCUT2D eigenvalue weighted by Gasteiger charge is 2.08. The van der Waals surface area contributed by atoms with Gasteiger partial charge in [-0.05, 0) is 27.6 Å². The summed E-state index contributed by atoms with van der Waals surface area (Å²) in [5.74, 6) is 5.02. The summed E-state index contributed by atoms with van der Waals surface area (Å²) in [6.07, 6.45) is 0.435. The number of methoxy groups -OCH3 is 1. The predicted octanol–water partition coefficient (Wildman–Crippen LogP) is 2.03. The third kappa shape index (κ3) is 2.67. The van der Waals surface area contributed by atoms with Gasteiger partial charge in [-0.15, -0.1) is 0 Å². The van der Waals surface area contributed by atoms with Crippen molar-refractivity contribution in [3.05, 3.63) is 28.0 Å². The first-order valence-corrected chi connectivity index (χ1v) is 4.82. The van der Waals surface area contributed by atoms with Crippen molar-refractivity contribution in [1.82, 2.24) is 0 Å². The molecule has 0 radical (unpaired) electrons. The Bertz CT molecular complexity index is 320. The van der Waals surface area contributed by atoms with Crippen molar-refractivity contribution in [1.29, 1.82) is 0 Å². The zero-order valence-electron chi connectivity index (χ0n) is 7.72. The van der Waals surface area contributed by atoms with Crippen molar-refractivity contribution >= 4 is 15.9 Å². The lowest BCUT2D eigenvalue weighted by atomic mass is 10.1. The molecule has 0 aliphatic rings. The van der Waals surface area contributed by atoms with E-state index in [-0.39, 0.29) is 12.4 Å². The average molecular weight is 264 g/mol. The summed E-state index contributed by atoms with van der Waals surface area (Å²) in [4.78, 5) is 4.38. The fourth-order valence-corrected chi connectivity index (χ4v) is 1.64. The van der Waals surface area contributed by atoms with Crippen LogP contribution in [-0.2, 0) is 11.3 Å². The smallest absolute Gasteiger partial charge is 0.135 e. The standard InChI is InChI=1S/C9H11BrFNO2/c1-13-9-5-8(11)6(2-3-14-12)4-7(9)10/h4-5H,2-3,12H2,1H3. The normalized spacial score (nSPS) is 10.3. The predicted molar refractivity (Wildman–Crippen MR) is 54.5 cm³/mol. The number of benzene rings is 1. The number of halogens is 2. The Hall–Kier alpha value is -0.650. The Kier molecular flexibility index (Phi) is 4.31. The first-order chi connectivity index (χ1) is 6.69. The molecular weight excluding hydrogens is 253 g/mol. The highest BCUT2D eigenvalue weighted by Crippen LogP contribution is 2.27. The maximum Gasteiger partial charge on any atom is 0.135 e. The topological polar surface area (TPSA) is 44.5 Å². The quantitative estimate of drug-likeness (QED) is 0.846. The molecule has 1 rings (SSSR count). The number of nitrogens with two attached hydrogens (primary N) is 1. The molecule has 0 saturated heterocycles. The summed E-state index contributed by atoms with van der Waals surface area (Å²) < 4.78 is 19.0. The van der Waals surface area contributed by atoms with Crippen LogP contribution in [0.2, 0.25) is 0 Å². The summed E-state index contributed by atoms with van der Waals surface area (Å²) >= 11 is 3.27. The molecule has 0 aromatic heterocycles. The van der Waals surface area contributed by atoms with Crippen LogP contribution in [0, 0.1) is 5.82 Å². The number of hydrogen-bond acceptors (Lipinski definition) is 3. The molecule has 1 aromatic rings. The summed E-state index contributed by atoms with van der Waals surface area (Å²) in [5.41, 5.74) is 0.545.